The maximum atomic E-state index is 12.1. The number of benzene rings is 1. The maximum absolute atomic E-state index is 12.1. The van der Waals surface area contributed by atoms with E-state index in [2.05, 4.69) is 6.92 Å². The van der Waals surface area contributed by atoms with E-state index in [-0.39, 0.29) is 5.60 Å². The molecule has 0 amide bonds. The molecule has 1 aromatic carbocycles. The molecule has 2 heterocycles. The average molecular weight is 360 g/mol. The van der Waals surface area contributed by atoms with Gasteiger partial charge in [0.25, 0.3) is 0 Å². The van der Waals surface area contributed by atoms with Gasteiger partial charge in [0.05, 0.1) is 5.39 Å². The average Bonchev–Trinajstić information content (AvgIpc) is 2.56. The van der Waals surface area contributed by atoms with Crippen LogP contribution in [0.5, 0.6) is 11.5 Å². The van der Waals surface area contributed by atoms with Crippen LogP contribution in [0.1, 0.15) is 51.2 Å². The number of aliphatic carboxylic acids is 1. The highest BCUT2D eigenvalue weighted by Crippen LogP contribution is 2.43. The standard InChI is InChI=1S/C20H24O6/c1-4-5-6-12-9-17(23)25-19-13-7-8-20(2,3)26-14(13)10-15(18(12)19)24-11-16(21)22/h9-10H,4-8,11H2,1-3H3,(H,21,22). The molecule has 3 rings (SSSR count). The lowest BCUT2D eigenvalue weighted by molar-refractivity contribution is -0.139. The third-order valence-electron chi connectivity index (χ3n) is 4.64. The quantitative estimate of drug-likeness (QED) is 0.791. The number of hydrogen-bond acceptors (Lipinski definition) is 5. The third-order valence-corrected chi connectivity index (χ3v) is 4.64. The second kappa shape index (κ2) is 7.02. The number of carboxylic acid groups (broad SMARTS) is 1. The molecule has 1 N–H and O–H groups in total. The molecule has 6 heteroatoms. The van der Waals surface area contributed by atoms with E-state index >= 15 is 0 Å². The Bertz CT molecular complexity index is 893. The van der Waals surface area contributed by atoms with Gasteiger partial charge < -0.3 is 19.0 Å². The maximum Gasteiger partial charge on any atom is 0.341 e. The molecule has 26 heavy (non-hydrogen) atoms. The van der Waals surface area contributed by atoms with E-state index in [1.807, 2.05) is 13.8 Å². The Kier molecular flexibility index (Phi) is 4.94. The van der Waals surface area contributed by atoms with Crippen molar-refractivity contribution in [3.05, 3.63) is 33.7 Å². The fourth-order valence-corrected chi connectivity index (χ4v) is 3.33. The summed E-state index contributed by atoms with van der Waals surface area (Å²) in [6, 6.07) is 3.21. The Balaban J connectivity index is 2.23. The molecular formula is C20H24O6. The molecule has 0 atom stereocenters. The molecule has 1 aromatic heterocycles. The lowest BCUT2D eigenvalue weighted by atomic mass is 9.91. The Morgan fingerprint density at radius 3 is 2.81 bits per heavy atom. The lowest BCUT2D eigenvalue weighted by Gasteiger charge is -2.33. The minimum Gasteiger partial charge on any atom is -0.487 e. The second-order valence-corrected chi connectivity index (χ2v) is 7.29. The summed E-state index contributed by atoms with van der Waals surface area (Å²) >= 11 is 0. The van der Waals surface area contributed by atoms with E-state index in [1.165, 1.54) is 6.07 Å². The van der Waals surface area contributed by atoms with Crippen molar-refractivity contribution in [2.75, 3.05) is 6.61 Å². The van der Waals surface area contributed by atoms with E-state index in [1.54, 1.807) is 6.07 Å². The molecule has 0 bridgehead atoms. The largest absolute Gasteiger partial charge is 0.487 e. The first kappa shape index (κ1) is 18.3. The highest BCUT2D eigenvalue weighted by molar-refractivity contribution is 5.91. The van der Waals surface area contributed by atoms with Crippen molar-refractivity contribution >= 4 is 16.9 Å². The van der Waals surface area contributed by atoms with Gasteiger partial charge in [-0.05, 0) is 45.1 Å². The number of carboxylic acids is 1. The highest BCUT2D eigenvalue weighted by atomic mass is 16.5. The van der Waals surface area contributed by atoms with E-state index in [4.69, 9.17) is 19.0 Å². The number of carbonyl (C=O) groups is 1. The van der Waals surface area contributed by atoms with Crippen molar-refractivity contribution < 1.29 is 23.8 Å². The van der Waals surface area contributed by atoms with Crippen LogP contribution < -0.4 is 15.1 Å². The van der Waals surface area contributed by atoms with Gasteiger partial charge in [0, 0.05) is 17.7 Å². The van der Waals surface area contributed by atoms with Crippen molar-refractivity contribution in [3.8, 4) is 11.5 Å². The molecular weight excluding hydrogens is 336 g/mol. The van der Waals surface area contributed by atoms with E-state index in [9.17, 15) is 9.59 Å². The smallest absolute Gasteiger partial charge is 0.341 e. The molecule has 0 fully saturated rings. The summed E-state index contributed by atoms with van der Waals surface area (Å²) in [5, 5.41) is 9.68. The van der Waals surface area contributed by atoms with Crippen LogP contribution in [-0.2, 0) is 17.6 Å². The second-order valence-electron chi connectivity index (χ2n) is 7.29. The Labute approximate surface area is 151 Å². The van der Waals surface area contributed by atoms with Crippen LogP contribution in [0.25, 0.3) is 11.0 Å². The molecule has 0 unspecified atom stereocenters. The van der Waals surface area contributed by atoms with Gasteiger partial charge in [-0.15, -0.1) is 0 Å². The Morgan fingerprint density at radius 1 is 1.35 bits per heavy atom. The number of aryl methyl sites for hydroxylation is 2. The van der Waals surface area contributed by atoms with Gasteiger partial charge in [-0.25, -0.2) is 9.59 Å². The predicted molar refractivity (Wildman–Crippen MR) is 97.3 cm³/mol. The summed E-state index contributed by atoms with van der Waals surface area (Å²) in [6.45, 7) is 5.59. The van der Waals surface area contributed by atoms with E-state index in [0.29, 0.717) is 28.9 Å². The summed E-state index contributed by atoms with van der Waals surface area (Å²) < 4.78 is 17.1. The minimum absolute atomic E-state index is 0.342. The summed E-state index contributed by atoms with van der Waals surface area (Å²) in [4.78, 5) is 23.1. The summed E-state index contributed by atoms with van der Waals surface area (Å²) in [5.74, 6) is -0.0942. The molecule has 0 radical (unpaired) electrons. The number of hydrogen-bond donors (Lipinski definition) is 1. The number of rotatable bonds is 6. The topological polar surface area (TPSA) is 86.0 Å². The van der Waals surface area contributed by atoms with Gasteiger partial charge in [0.15, 0.2) is 6.61 Å². The molecule has 0 saturated carbocycles. The molecule has 0 saturated heterocycles. The van der Waals surface area contributed by atoms with E-state index < -0.39 is 18.2 Å². The van der Waals surface area contributed by atoms with Crippen LogP contribution >= 0.6 is 0 Å². The van der Waals surface area contributed by atoms with Gasteiger partial charge in [-0.2, -0.15) is 0 Å². The van der Waals surface area contributed by atoms with Gasteiger partial charge in [-0.3, -0.25) is 0 Å². The number of ether oxygens (including phenoxy) is 2. The van der Waals surface area contributed by atoms with Crippen LogP contribution in [0.3, 0.4) is 0 Å². The molecule has 1 aliphatic rings. The zero-order chi connectivity index (χ0) is 18.9. The molecule has 6 nitrogen and oxygen atoms in total. The van der Waals surface area contributed by atoms with Crippen LogP contribution in [0.4, 0.5) is 0 Å². The predicted octanol–water partition coefficient (Wildman–Crippen LogP) is 3.70. The van der Waals surface area contributed by atoms with Crippen LogP contribution in [-0.4, -0.2) is 23.3 Å². The van der Waals surface area contributed by atoms with Gasteiger partial charge in [0.1, 0.15) is 22.7 Å². The molecule has 2 aromatic rings. The fourth-order valence-electron chi connectivity index (χ4n) is 3.33. The zero-order valence-corrected chi connectivity index (χ0v) is 15.4. The molecule has 0 aliphatic carbocycles. The summed E-state index contributed by atoms with van der Waals surface area (Å²) in [7, 11) is 0. The lowest BCUT2D eigenvalue weighted by Crippen LogP contribution is -2.32. The van der Waals surface area contributed by atoms with Crippen molar-refractivity contribution in [1.82, 2.24) is 0 Å². The third kappa shape index (κ3) is 3.69. The minimum atomic E-state index is -1.07. The van der Waals surface area contributed by atoms with Gasteiger partial charge in [-0.1, -0.05) is 13.3 Å². The molecule has 140 valence electrons. The van der Waals surface area contributed by atoms with Crippen molar-refractivity contribution in [2.24, 2.45) is 0 Å². The van der Waals surface area contributed by atoms with Crippen LogP contribution in [0, 0.1) is 0 Å². The number of unbranched alkanes of at least 4 members (excludes halogenated alkanes) is 1. The van der Waals surface area contributed by atoms with Gasteiger partial charge >= 0.3 is 11.6 Å². The first-order valence-corrected chi connectivity index (χ1v) is 8.97. The number of fused-ring (bicyclic) bond motifs is 3. The Morgan fingerprint density at radius 2 is 2.12 bits per heavy atom. The molecule has 1 aliphatic heterocycles. The Hall–Kier alpha value is -2.50. The normalized spacial score (nSPS) is 15.3. The summed E-state index contributed by atoms with van der Waals surface area (Å²) in [5.41, 5.74) is 1.37. The highest BCUT2D eigenvalue weighted by Gasteiger charge is 2.30. The van der Waals surface area contributed by atoms with Crippen molar-refractivity contribution in [2.45, 2.75) is 58.5 Å². The van der Waals surface area contributed by atoms with Gasteiger partial charge in [0.2, 0.25) is 0 Å². The van der Waals surface area contributed by atoms with Crippen LogP contribution in [0.2, 0.25) is 0 Å². The van der Waals surface area contributed by atoms with Crippen molar-refractivity contribution in [1.29, 1.82) is 0 Å². The first-order chi connectivity index (χ1) is 12.3. The van der Waals surface area contributed by atoms with Crippen LogP contribution in [0.15, 0.2) is 21.3 Å². The zero-order valence-electron chi connectivity index (χ0n) is 15.4. The SMILES string of the molecule is CCCCc1cc(=O)oc2c3c(cc(OCC(=O)O)c12)OC(C)(C)CC3. The van der Waals surface area contributed by atoms with E-state index in [0.717, 1.165) is 36.8 Å². The molecule has 0 spiro atoms. The van der Waals surface area contributed by atoms with Crippen molar-refractivity contribution in [3.63, 3.8) is 0 Å². The monoisotopic (exact) mass is 360 g/mol. The summed E-state index contributed by atoms with van der Waals surface area (Å²) in [6.07, 6.45) is 4.12. The fraction of sp³-hybridized carbons (Fsp3) is 0.500. The first-order valence-electron chi connectivity index (χ1n) is 8.97.